The highest BCUT2D eigenvalue weighted by atomic mass is 16.5. The topological polar surface area (TPSA) is 55.0 Å². The van der Waals surface area contributed by atoms with Crippen molar-refractivity contribution in [3.63, 3.8) is 0 Å². The Morgan fingerprint density at radius 3 is 3.06 bits per heavy atom. The molecule has 17 heavy (non-hydrogen) atoms. The molecule has 2 rings (SSSR count). The molecule has 0 aliphatic carbocycles. The number of hydrogen-bond donors (Lipinski definition) is 0. The number of aldehydes is 1. The SMILES string of the molecule is CCc1c(C=O)cc(C#N)n1C[C@H]1CCCO1. The Hall–Kier alpha value is -1.60. The zero-order chi connectivity index (χ0) is 12.3. The van der Waals surface area contributed by atoms with Gasteiger partial charge >= 0.3 is 0 Å². The van der Waals surface area contributed by atoms with E-state index in [1.807, 2.05) is 11.5 Å². The van der Waals surface area contributed by atoms with Gasteiger partial charge in [0.15, 0.2) is 6.29 Å². The van der Waals surface area contributed by atoms with Gasteiger partial charge in [0.2, 0.25) is 0 Å². The van der Waals surface area contributed by atoms with E-state index in [9.17, 15) is 4.79 Å². The number of rotatable bonds is 4. The zero-order valence-electron chi connectivity index (χ0n) is 9.98. The molecule has 0 saturated carbocycles. The summed E-state index contributed by atoms with van der Waals surface area (Å²) in [5.74, 6) is 0. The normalized spacial score (nSPS) is 19.2. The lowest BCUT2D eigenvalue weighted by atomic mass is 10.2. The van der Waals surface area contributed by atoms with E-state index in [2.05, 4.69) is 6.07 Å². The van der Waals surface area contributed by atoms with Crippen molar-refractivity contribution in [2.75, 3.05) is 6.61 Å². The fourth-order valence-corrected chi connectivity index (χ4v) is 2.40. The van der Waals surface area contributed by atoms with Crippen molar-refractivity contribution in [2.45, 2.75) is 38.8 Å². The molecule has 1 fully saturated rings. The van der Waals surface area contributed by atoms with Gasteiger partial charge in [0.1, 0.15) is 11.8 Å². The van der Waals surface area contributed by atoms with E-state index in [1.54, 1.807) is 6.07 Å². The Balaban J connectivity index is 2.32. The average Bonchev–Trinajstić information content (AvgIpc) is 2.96. The van der Waals surface area contributed by atoms with Crippen LogP contribution in [0.1, 0.15) is 41.5 Å². The highest BCUT2D eigenvalue weighted by molar-refractivity contribution is 5.77. The number of hydrogen-bond acceptors (Lipinski definition) is 3. The molecule has 0 aromatic carbocycles. The maximum Gasteiger partial charge on any atom is 0.151 e. The van der Waals surface area contributed by atoms with E-state index in [4.69, 9.17) is 10.00 Å². The van der Waals surface area contributed by atoms with Gasteiger partial charge in [-0.25, -0.2) is 0 Å². The third-order valence-electron chi connectivity index (χ3n) is 3.23. The molecule has 0 N–H and O–H groups in total. The van der Waals surface area contributed by atoms with Gasteiger partial charge in [-0.1, -0.05) is 6.92 Å². The predicted octanol–water partition coefficient (Wildman–Crippen LogP) is 1.91. The largest absolute Gasteiger partial charge is 0.376 e. The molecule has 1 aromatic heterocycles. The standard InChI is InChI=1S/C13H16N2O2/c1-2-13-10(9-16)6-11(7-14)15(13)8-12-4-3-5-17-12/h6,9,12H,2-5,8H2,1H3/t12-/m1/s1. The highest BCUT2D eigenvalue weighted by Crippen LogP contribution is 2.20. The lowest BCUT2D eigenvalue weighted by Crippen LogP contribution is -2.18. The number of ether oxygens (including phenoxy) is 1. The Morgan fingerprint density at radius 2 is 2.53 bits per heavy atom. The van der Waals surface area contributed by atoms with Crippen LogP contribution in [0.2, 0.25) is 0 Å². The molecule has 1 aliphatic rings. The molecule has 2 heterocycles. The first-order valence-corrected chi connectivity index (χ1v) is 5.99. The first-order valence-electron chi connectivity index (χ1n) is 5.99. The number of nitriles is 1. The van der Waals surface area contributed by atoms with Crippen molar-refractivity contribution in [3.8, 4) is 6.07 Å². The van der Waals surface area contributed by atoms with Crippen molar-refractivity contribution < 1.29 is 9.53 Å². The molecule has 0 spiro atoms. The molecule has 1 aromatic rings. The maximum absolute atomic E-state index is 11.0. The van der Waals surface area contributed by atoms with Crippen LogP contribution in [0.25, 0.3) is 0 Å². The smallest absolute Gasteiger partial charge is 0.151 e. The van der Waals surface area contributed by atoms with Crippen LogP contribution in [-0.2, 0) is 17.7 Å². The summed E-state index contributed by atoms with van der Waals surface area (Å²) in [6.07, 6.45) is 3.87. The van der Waals surface area contributed by atoms with E-state index in [-0.39, 0.29) is 6.10 Å². The number of carbonyl (C=O) groups excluding carboxylic acids is 1. The monoisotopic (exact) mass is 232 g/mol. The Bertz CT molecular complexity index is 451. The molecule has 4 heteroatoms. The molecular weight excluding hydrogens is 216 g/mol. The predicted molar refractivity (Wildman–Crippen MR) is 62.9 cm³/mol. The van der Waals surface area contributed by atoms with Crippen molar-refractivity contribution in [1.29, 1.82) is 5.26 Å². The highest BCUT2D eigenvalue weighted by Gasteiger charge is 2.20. The van der Waals surface area contributed by atoms with Crippen LogP contribution >= 0.6 is 0 Å². The summed E-state index contributed by atoms with van der Waals surface area (Å²) in [6, 6.07) is 3.81. The fraction of sp³-hybridized carbons (Fsp3) is 0.538. The average molecular weight is 232 g/mol. The number of carbonyl (C=O) groups is 1. The molecule has 1 aliphatic heterocycles. The van der Waals surface area contributed by atoms with Gasteiger partial charge in [0, 0.05) is 24.4 Å². The van der Waals surface area contributed by atoms with Gasteiger partial charge in [0.05, 0.1) is 6.10 Å². The summed E-state index contributed by atoms with van der Waals surface area (Å²) in [4.78, 5) is 11.0. The third-order valence-corrected chi connectivity index (χ3v) is 3.23. The van der Waals surface area contributed by atoms with Gasteiger partial charge in [-0.15, -0.1) is 0 Å². The second kappa shape index (κ2) is 5.15. The van der Waals surface area contributed by atoms with Crippen LogP contribution in [0.4, 0.5) is 0 Å². The molecule has 1 saturated heterocycles. The molecule has 90 valence electrons. The van der Waals surface area contributed by atoms with Gasteiger partial charge in [-0.05, 0) is 25.3 Å². The van der Waals surface area contributed by atoms with Crippen LogP contribution < -0.4 is 0 Å². The first-order chi connectivity index (χ1) is 8.30. The summed E-state index contributed by atoms with van der Waals surface area (Å²) >= 11 is 0. The molecule has 0 amide bonds. The number of aromatic nitrogens is 1. The second-order valence-electron chi connectivity index (χ2n) is 4.26. The van der Waals surface area contributed by atoms with Crippen LogP contribution in [0.3, 0.4) is 0 Å². The van der Waals surface area contributed by atoms with Crippen LogP contribution in [0.5, 0.6) is 0 Å². The van der Waals surface area contributed by atoms with Crippen LogP contribution in [-0.4, -0.2) is 23.6 Å². The summed E-state index contributed by atoms with van der Waals surface area (Å²) < 4.78 is 7.51. The van der Waals surface area contributed by atoms with Gasteiger partial charge in [-0.2, -0.15) is 5.26 Å². The van der Waals surface area contributed by atoms with Crippen molar-refractivity contribution in [1.82, 2.24) is 4.57 Å². The van der Waals surface area contributed by atoms with Crippen LogP contribution in [0, 0.1) is 11.3 Å². The van der Waals surface area contributed by atoms with Crippen LogP contribution in [0.15, 0.2) is 6.07 Å². The van der Waals surface area contributed by atoms with E-state index < -0.39 is 0 Å². The van der Waals surface area contributed by atoms with Crippen molar-refractivity contribution >= 4 is 6.29 Å². The van der Waals surface area contributed by atoms with E-state index in [0.29, 0.717) is 17.8 Å². The first kappa shape index (κ1) is 11.9. The minimum atomic E-state index is 0.180. The summed E-state index contributed by atoms with van der Waals surface area (Å²) in [5, 5.41) is 9.09. The van der Waals surface area contributed by atoms with Crippen molar-refractivity contribution in [2.24, 2.45) is 0 Å². The number of nitrogens with zero attached hydrogens (tertiary/aromatic N) is 2. The summed E-state index contributed by atoms with van der Waals surface area (Å²) in [6.45, 7) is 3.48. The molecule has 1 atom stereocenters. The van der Waals surface area contributed by atoms with Gasteiger partial charge in [0.25, 0.3) is 0 Å². The molecule has 4 nitrogen and oxygen atoms in total. The third kappa shape index (κ3) is 2.25. The lowest BCUT2D eigenvalue weighted by molar-refractivity contribution is 0.0961. The minimum Gasteiger partial charge on any atom is -0.376 e. The Morgan fingerprint density at radius 1 is 1.71 bits per heavy atom. The molecule has 0 radical (unpaired) electrons. The van der Waals surface area contributed by atoms with Gasteiger partial charge in [-0.3, -0.25) is 4.79 Å². The molecular formula is C13H16N2O2. The zero-order valence-corrected chi connectivity index (χ0v) is 9.98. The molecule has 0 bridgehead atoms. The lowest BCUT2D eigenvalue weighted by Gasteiger charge is -2.14. The Labute approximate surface area is 101 Å². The van der Waals surface area contributed by atoms with E-state index >= 15 is 0 Å². The van der Waals surface area contributed by atoms with Gasteiger partial charge < -0.3 is 9.30 Å². The van der Waals surface area contributed by atoms with E-state index in [0.717, 1.165) is 37.8 Å². The minimum absolute atomic E-state index is 0.180. The van der Waals surface area contributed by atoms with Crippen molar-refractivity contribution in [3.05, 3.63) is 23.0 Å². The maximum atomic E-state index is 11.0. The Kier molecular flexibility index (Phi) is 3.60. The molecule has 0 unspecified atom stereocenters. The quantitative estimate of drug-likeness (QED) is 0.745. The second-order valence-corrected chi connectivity index (χ2v) is 4.26. The fourth-order valence-electron chi connectivity index (χ4n) is 2.40. The summed E-state index contributed by atoms with van der Waals surface area (Å²) in [7, 11) is 0. The summed E-state index contributed by atoms with van der Waals surface area (Å²) in [5.41, 5.74) is 2.12. The van der Waals surface area contributed by atoms with E-state index in [1.165, 1.54) is 0 Å².